The van der Waals surface area contributed by atoms with Crippen LogP contribution >= 0.6 is 22.6 Å². The van der Waals surface area contributed by atoms with Crippen LogP contribution in [0.25, 0.3) is 11.0 Å². The molecule has 0 aliphatic heterocycles. The van der Waals surface area contributed by atoms with Gasteiger partial charge in [-0.2, -0.15) is 0 Å². The molecule has 1 aromatic heterocycles. The first kappa shape index (κ1) is 7.91. The number of halogens is 1. The van der Waals surface area contributed by atoms with Crippen LogP contribution < -0.4 is 4.74 Å². The average Bonchev–Trinajstić information content (AvgIpc) is 2.54. The zero-order chi connectivity index (χ0) is 8.55. The van der Waals surface area contributed by atoms with Gasteiger partial charge in [0.15, 0.2) is 5.58 Å². The fourth-order valence-corrected chi connectivity index (χ4v) is 1.78. The summed E-state index contributed by atoms with van der Waals surface area (Å²) >= 11 is 2.24. The van der Waals surface area contributed by atoms with E-state index in [0.717, 1.165) is 20.3 Å². The lowest BCUT2D eigenvalue weighted by atomic mass is 10.2. The highest BCUT2D eigenvalue weighted by Crippen LogP contribution is 2.29. The van der Waals surface area contributed by atoms with Gasteiger partial charge in [-0.05, 0) is 40.8 Å². The number of rotatable bonds is 1. The Morgan fingerprint density at radius 1 is 1.33 bits per heavy atom. The molecule has 0 saturated heterocycles. The number of methoxy groups -OCH3 is 1. The Labute approximate surface area is 83.6 Å². The van der Waals surface area contributed by atoms with Crippen LogP contribution in [0.4, 0.5) is 0 Å². The van der Waals surface area contributed by atoms with Crippen molar-refractivity contribution < 1.29 is 9.15 Å². The first-order valence-corrected chi connectivity index (χ1v) is 4.60. The van der Waals surface area contributed by atoms with E-state index < -0.39 is 0 Å². The lowest BCUT2D eigenvalue weighted by Gasteiger charge is -2.00. The monoisotopic (exact) mass is 274 g/mol. The van der Waals surface area contributed by atoms with Gasteiger partial charge in [-0.1, -0.05) is 0 Å². The minimum Gasteiger partial charge on any atom is -0.496 e. The normalized spacial score (nSPS) is 10.5. The van der Waals surface area contributed by atoms with Crippen LogP contribution in [0.1, 0.15) is 0 Å². The summed E-state index contributed by atoms with van der Waals surface area (Å²) < 4.78 is 11.6. The van der Waals surface area contributed by atoms with E-state index in [2.05, 4.69) is 22.6 Å². The van der Waals surface area contributed by atoms with E-state index in [0.29, 0.717) is 0 Å². The molecule has 2 aromatic rings. The van der Waals surface area contributed by atoms with E-state index in [-0.39, 0.29) is 0 Å². The number of ether oxygens (including phenoxy) is 1. The highest BCUT2D eigenvalue weighted by atomic mass is 127. The molecule has 12 heavy (non-hydrogen) atoms. The maximum Gasteiger partial charge on any atom is 0.150 e. The Balaban J connectivity index is 2.82. The van der Waals surface area contributed by atoms with Gasteiger partial charge in [0.05, 0.1) is 22.3 Å². The van der Waals surface area contributed by atoms with Gasteiger partial charge in [0.1, 0.15) is 5.75 Å². The predicted octanol–water partition coefficient (Wildman–Crippen LogP) is 3.05. The summed E-state index contributed by atoms with van der Waals surface area (Å²) in [4.78, 5) is 0. The maximum absolute atomic E-state index is 5.30. The average molecular weight is 274 g/mol. The van der Waals surface area contributed by atoms with Gasteiger partial charge in [0, 0.05) is 0 Å². The third-order valence-corrected chi connectivity index (χ3v) is 2.60. The van der Waals surface area contributed by atoms with Gasteiger partial charge in [-0.15, -0.1) is 0 Å². The quantitative estimate of drug-likeness (QED) is 0.746. The fourth-order valence-electron chi connectivity index (χ4n) is 1.18. The van der Waals surface area contributed by atoms with Crippen LogP contribution in [0.15, 0.2) is 28.9 Å². The van der Waals surface area contributed by atoms with E-state index in [1.807, 2.05) is 18.2 Å². The summed E-state index contributed by atoms with van der Waals surface area (Å²) in [6.45, 7) is 0. The molecule has 0 spiro atoms. The molecule has 62 valence electrons. The first-order valence-electron chi connectivity index (χ1n) is 3.52. The first-order chi connectivity index (χ1) is 5.83. The Bertz CT molecular complexity index is 406. The van der Waals surface area contributed by atoms with Crippen molar-refractivity contribution in [3.05, 3.63) is 28.0 Å². The van der Waals surface area contributed by atoms with Crippen LogP contribution in [0.3, 0.4) is 0 Å². The van der Waals surface area contributed by atoms with Crippen molar-refractivity contribution in [1.29, 1.82) is 0 Å². The Kier molecular flexibility index (Phi) is 1.96. The maximum atomic E-state index is 5.30. The number of furan rings is 1. The molecular formula is C9H7IO2. The van der Waals surface area contributed by atoms with Crippen molar-refractivity contribution in [3.63, 3.8) is 0 Å². The highest BCUT2D eigenvalue weighted by molar-refractivity contribution is 14.1. The summed E-state index contributed by atoms with van der Waals surface area (Å²) in [5.74, 6) is 0.860. The molecule has 0 unspecified atom stereocenters. The van der Waals surface area contributed by atoms with Gasteiger partial charge >= 0.3 is 0 Å². The van der Waals surface area contributed by atoms with Gasteiger partial charge in [-0.25, -0.2) is 0 Å². The zero-order valence-corrected chi connectivity index (χ0v) is 8.66. The molecule has 0 aliphatic carbocycles. The molecule has 2 nitrogen and oxygen atoms in total. The molecule has 2 rings (SSSR count). The second kappa shape index (κ2) is 2.97. The number of benzene rings is 1. The number of fused-ring (bicyclic) bond motifs is 1. The third-order valence-electron chi connectivity index (χ3n) is 1.75. The molecule has 1 aromatic carbocycles. The van der Waals surface area contributed by atoms with Crippen LogP contribution in [0.2, 0.25) is 0 Å². The lowest BCUT2D eigenvalue weighted by Crippen LogP contribution is -1.83. The summed E-state index contributed by atoms with van der Waals surface area (Å²) in [6, 6.07) is 5.83. The van der Waals surface area contributed by atoms with Crippen molar-refractivity contribution in [2.75, 3.05) is 7.11 Å². The van der Waals surface area contributed by atoms with Crippen molar-refractivity contribution in [2.45, 2.75) is 0 Å². The molecule has 0 saturated carbocycles. The van der Waals surface area contributed by atoms with Crippen LogP contribution in [-0.2, 0) is 0 Å². The molecule has 3 heteroatoms. The summed E-state index contributed by atoms with van der Waals surface area (Å²) in [7, 11) is 1.66. The van der Waals surface area contributed by atoms with Gasteiger partial charge in [0.25, 0.3) is 0 Å². The molecular weight excluding hydrogens is 267 g/mol. The summed E-state index contributed by atoms with van der Waals surface area (Å²) in [5, 5.41) is 1.03. The van der Waals surface area contributed by atoms with E-state index in [9.17, 15) is 0 Å². The second-order valence-electron chi connectivity index (χ2n) is 2.41. The standard InChI is InChI=1S/C9H7IO2/c1-11-8-3-2-7(10)9-6(8)4-5-12-9/h2-5H,1H3. The largest absolute Gasteiger partial charge is 0.496 e. The number of hydrogen-bond donors (Lipinski definition) is 0. The van der Waals surface area contributed by atoms with Gasteiger partial charge < -0.3 is 9.15 Å². The molecule has 0 amide bonds. The van der Waals surface area contributed by atoms with Crippen molar-refractivity contribution >= 4 is 33.6 Å². The van der Waals surface area contributed by atoms with E-state index in [4.69, 9.17) is 9.15 Å². The highest BCUT2D eigenvalue weighted by Gasteiger charge is 2.06. The SMILES string of the molecule is COc1ccc(I)c2occc12. The molecule has 0 atom stereocenters. The minimum atomic E-state index is 0.860. The van der Waals surface area contributed by atoms with Crippen LogP contribution in [-0.4, -0.2) is 7.11 Å². The fraction of sp³-hybridized carbons (Fsp3) is 0.111. The van der Waals surface area contributed by atoms with Crippen molar-refractivity contribution in [3.8, 4) is 5.75 Å². The summed E-state index contributed by atoms with van der Waals surface area (Å²) in [6.07, 6.45) is 1.68. The van der Waals surface area contributed by atoms with Gasteiger partial charge in [-0.3, -0.25) is 0 Å². The Hall–Kier alpha value is -0.710. The van der Waals surface area contributed by atoms with Crippen molar-refractivity contribution in [1.82, 2.24) is 0 Å². The second-order valence-corrected chi connectivity index (χ2v) is 3.58. The lowest BCUT2D eigenvalue weighted by molar-refractivity contribution is 0.419. The Morgan fingerprint density at radius 2 is 2.17 bits per heavy atom. The molecule has 1 heterocycles. The third kappa shape index (κ3) is 1.08. The molecule has 0 aliphatic rings. The molecule has 0 radical (unpaired) electrons. The number of hydrogen-bond acceptors (Lipinski definition) is 2. The molecule has 0 fully saturated rings. The molecule has 0 N–H and O–H groups in total. The van der Waals surface area contributed by atoms with E-state index in [1.165, 1.54) is 0 Å². The molecule has 0 bridgehead atoms. The van der Waals surface area contributed by atoms with Crippen LogP contribution in [0.5, 0.6) is 5.75 Å². The van der Waals surface area contributed by atoms with Gasteiger partial charge in [0.2, 0.25) is 0 Å². The topological polar surface area (TPSA) is 22.4 Å². The van der Waals surface area contributed by atoms with E-state index in [1.54, 1.807) is 13.4 Å². The zero-order valence-electron chi connectivity index (χ0n) is 6.50. The Morgan fingerprint density at radius 3 is 2.92 bits per heavy atom. The summed E-state index contributed by atoms with van der Waals surface area (Å²) in [5.41, 5.74) is 0.898. The van der Waals surface area contributed by atoms with Crippen molar-refractivity contribution in [2.24, 2.45) is 0 Å². The smallest absolute Gasteiger partial charge is 0.150 e. The van der Waals surface area contributed by atoms with E-state index >= 15 is 0 Å². The van der Waals surface area contributed by atoms with Crippen LogP contribution in [0, 0.1) is 3.57 Å². The minimum absolute atomic E-state index is 0.860. The predicted molar refractivity (Wildman–Crippen MR) is 55.5 cm³/mol.